The zero-order chi connectivity index (χ0) is 5.82. The second-order valence-electron chi connectivity index (χ2n) is 1.36. The molecule has 1 aromatic rings. The van der Waals surface area contributed by atoms with Crippen LogP contribution in [0.25, 0.3) is 0 Å². The monoisotopic (exact) mass is 113 g/mol. The van der Waals surface area contributed by atoms with Crippen LogP contribution < -0.4 is 11.3 Å². The molecule has 44 valence electrons. The van der Waals surface area contributed by atoms with Gasteiger partial charge in [-0.15, -0.1) is 0 Å². The topological polar surface area (TPSA) is 64.1 Å². The molecule has 0 saturated carbocycles. The molecular weight excluding hydrogens is 106 g/mol. The van der Waals surface area contributed by atoms with Crippen LogP contribution in [0.3, 0.4) is 0 Å². The van der Waals surface area contributed by atoms with Crippen molar-refractivity contribution >= 4 is 0 Å². The Morgan fingerprint density at radius 3 is 3.25 bits per heavy atom. The fraction of sp³-hybridized carbons (Fsp3) is 0.250. The van der Waals surface area contributed by atoms with Gasteiger partial charge < -0.3 is 4.42 Å². The van der Waals surface area contributed by atoms with E-state index in [0.29, 0.717) is 6.54 Å². The quantitative estimate of drug-likeness (QED) is 0.406. The summed E-state index contributed by atoms with van der Waals surface area (Å²) >= 11 is 0. The van der Waals surface area contributed by atoms with Crippen molar-refractivity contribution in [1.29, 1.82) is 0 Å². The highest BCUT2D eigenvalue weighted by molar-refractivity contribution is 4.88. The number of nitrogens with two attached hydrogens (primary N) is 1. The van der Waals surface area contributed by atoms with Crippen LogP contribution in [0.1, 0.15) is 5.69 Å². The molecule has 4 heteroatoms. The summed E-state index contributed by atoms with van der Waals surface area (Å²) < 4.78 is 4.66. The Hall–Kier alpha value is -0.870. The molecule has 8 heavy (non-hydrogen) atoms. The van der Waals surface area contributed by atoms with Crippen LogP contribution in [-0.4, -0.2) is 4.98 Å². The molecule has 1 rings (SSSR count). The van der Waals surface area contributed by atoms with E-state index >= 15 is 0 Å². The average Bonchev–Trinajstić information content (AvgIpc) is 2.19. The maximum absolute atomic E-state index is 4.99. The van der Waals surface area contributed by atoms with Crippen LogP contribution in [-0.2, 0) is 6.54 Å². The van der Waals surface area contributed by atoms with Gasteiger partial charge in [-0.1, -0.05) is 0 Å². The van der Waals surface area contributed by atoms with E-state index in [1.54, 1.807) is 6.26 Å². The number of nitrogens with one attached hydrogen (secondary N) is 1. The Bertz CT molecular complexity index is 137. The predicted molar refractivity (Wildman–Crippen MR) is 27.5 cm³/mol. The van der Waals surface area contributed by atoms with Crippen molar-refractivity contribution in [3.8, 4) is 0 Å². The number of hydrogen-bond acceptors (Lipinski definition) is 4. The maximum Gasteiger partial charge on any atom is 0.180 e. The summed E-state index contributed by atoms with van der Waals surface area (Å²) in [5.41, 5.74) is 3.26. The molecule has 0 aliphatic heterocycles. The number of rotatable bonds is 2. The molecule has 4 nitrogen and oxygen atoms in total. The number of oxazole rings is 1. The van der Waals surface area contributed by atoms with Crippen molar-refractivity contribution in [3.05, 3.63) is 18.4 Å². The van der Waals surface area contributed by atoms with Crippen molar-refractivity contribution in [2.24, 2.45) is 5.84 Å². The molecule has 0 bridgehead atoms. The van der Waals surface area contributed by atoms with E-state index in [-0.39, 0.29) is 0 Å². The van der Waals surface area contributed by atoms with Gasteiger partial charge in [0.25, 0.3) is 0 Å². The van der Waals surface area contributed by atoms with Gasteiger partial charge in [0.15, 0.2) is 6.39 Å². The third-order valence-electron chi connectivity index (χ3n) is 0.767. The smallest absolute Gasteiger partial charge is 0.180 e. The molecule has 1 heterocycles. The molecule has 1 aromatic heterocycles. The second-order valence-corrected chi connectivity index (χ2v) is 1.36. The summed E-state index contributed by atoms with van der Waals surface area (Å²) in [5.74, 6) is 4.99. The van der Waals surface area contributed by atoms with Crippen LogP contribution in [0.5, 0.6) is 0 Å². The number of hydrogen-bond donors (Lipinski definition) is 2. The van der Waals surface area contributed by atoms with Crippen LogP contribution in [0.2, 0.25) is 0 Å². The molecule has 0 aromatic carbocycles. The second kappa shape index (κ2) is 2.44. The van der Waals surface area contributed by atoms with Gasteiger partial charge in [-0.3, -0.25) is 11.3 Å². The van der Waals surface area contributed by atoms with Gasteiger partial charge >= 0.3 is 0 Å². The van der Waals surface area contributed by atoms with Gasteiger partial charge in [-0.2, -0.15) is 0 Å². The normalized spacial score (nSPS) is 9.62. The minimum Gasteiger partial charge on any atom is -0.451 e. The lowest BCUT2D eigenvalue weighted by Gasteiger charge is -1.87. The third kappa shape index (κ3) is 1.05. The summed E-state index contributed by atoms with van der Waals surface area (Å²) in [4.78, 5) is 3.80. The molecule has 0 spiro atoms. The fourth-order valence-electron chi connectivity index (χ4n) is 0.429. The molecule has 0 atom stereocenters. The lowest BCUT2D eigenvalue weighted by Crippen LogP contribution is -2.20. The van der Waals surface area contributed by atoms with Gasteiger partial charge in [0, 0.05) is 0 Å². The van der Waals surface area contributed by atoms with Gasteiger partial charge in [0.2, 0.25) is 0 Å². The van der Waals surface area contributed by atoms with Crippen LogP contribution in [0.4, 0.5) is 0 Å². The Kier molecular flexibility index (Phi) is 1.61. The molecule has 0 amide bonds. The van der Waals surface area contributed by atoms with E-state index in [0.717, 1.165) is 5.69 Å². The number of nitrogens with zero attached hydrogens (tertiary/aromatic N) is 1. The lowest BCUT2D eigenvalue weighted by atomic mass is 10.5. The third-order valence-corrected chi connectivity index (χ3v) is 0.767. The minimum atomic E-state index is 0.552. The first kappa shape index (κ1) is 5.27. The molecule has 0 radical (unpaired) electrons. The zero-order valence-electron chi connectivity index (χ0n) is 4.29. The largest absolute Gasteiger partial charge is 0.451 e. The summed E-state index contributed by atoms with van der Waals surface area (Å²) in [5, 5.41) is 0. The average molecular weight is 113 g/mol. The number of hydrazine groups is 1. The summed E-state index contributed by atoms with van der Waals surface area (Å²) in [7, 11) is 0. The maximum atomic E-state index is 4.99. The van der Waals surface area contributed by atoms with Crippen molar-refractivity contribution in [1.82, 2.24) is 10.4 Å². The molecular formula is C4H7N3O. The van der Waals surface area contributed by atoms with Gasteiger partial charge in [0.1, 0.15) is 6.26 Å². The van der Waals surface area contributed by atoms with Crippen LogP contribution in [0, 0.1) is 0 Å². The molecule has 3 N–H and O–H groups in total. The van der Waals surface area contributed by atoms with Crippen molar-refractivity contribution in [2.75, 3.05) is 0 Å². The Labute approximate surface area is 46.7 Å². The van der Waals surface area contributed by atoms with Crippen molar-refractivity contribution < 1.29 is 4.42 Å². The summed E-state index contributed by atoms with van der Waals surface area (Å²) in [6.45, 7) is 0.552. The summed E-state index contributed by atoms with van der Waals surface area (Å²) in [6, 6.07) is 0. The van der Waals surface area contributed by atoms with E-state index in [9.17, 15) is 0 Å². The van der Waals surface area contributed by atoms with Crippen LogP contribution >= 0.6 is 0 Å². The van der Waals surface area contributed by atoms with Gasteiger partial charge in [-0.05, 0) is 0 Å². The molecule has 0 aliphatic carbocycles. The standard InChI is InChI=1S/C4H7N3O/c5-7-1-4-2-8-3-6-4/h2-3,7H,1,5H2. The minimum absolute atomic E-state index is 0.552. The van der Waals surface area contributed by atoms with E-state index in [2.05, 4.69) is 14.8 Å². The number of aromatic nitrogens is 1. The highest BCUT2D eigenvalue weighted by atomic mass is 16.3. The van der Waals surface area contributed by atoms with Crippen molar-refractivity contribution in [2.45, 2.75) is 6.54 Å². The molecule has 0 aliphatic rings. The van der Waals surface area contributed by atoms with E-state index in [4.69, 9.17) is 5.84 Å². The molecule has 0 fully saturated rings. The zero-order valence-corrected chi connectivity index (χ0v) is 4.29. The molecule has 0 saturated heterocycles. The van der Waals surface area contributed by atoms with E-state index < -0.39 is 0 Å². The van der Waals surface area contributed by atoms with Gasteiger partial charge in [0.05, 0.1) is 12.2 Å². The Morgan fingerprint density at radius 2 is 2.75 bits per heavy atom. The first-order chi connectivity index (χ1) is 3.93. The van der Waals surface area contributed by atoms with E-state index in [1.165, 1.54) is 6.39 Å². The Balaban J connectivity index is 2.50. The van der Waals surface area contributed by atoms with Crippen molar-refractivity contribution in [3.63, 3.8) is 0 Å². The van der Waals surface area contributed by atoms with E-state index in [1.807, 2.05) is 0 Å². The summed E-state index contributed by atoms with van der Waals surface area (Å²) in [6.07, 6.45) is 2.91. The Morgan fingerprint density at radius 1 is 1.88 bits per heavy atom. The molecule has 0 unspecified atom stereocenters. The highest BCUT2D eigenvalue weighted by Gasteiger charge is 1.89. The SMILES string of the molecule is NNCc1cocn1. The fourth-order valence-corrected chi connectivity index (χ4v) is 0.429. The first-order valence-electron chi connectivity index (χ1n) is 2.24. The highest BCUT2D eigenvalue weighted by Crippen LogP contribution is 1.90. The van der Waals surface area contributed by atoms with Gasteiger partial charge in [-0.25, -0.2) is 4.98 Å². The first-order valence-corrected chi connectivity index (χ1v) is 2.24. The lowest BCUT2D eigenvalue weighted by molar-refractivity contribution is 0.555. The predicted octanol–water partition coefficient (Wildman–Crippen LogP) is -0.362. The van der Waals surface area contributed by atoms with Crippen LogP contribution in [0.15, 0.2) is 17.1 Å².